The predicted octanol–water partition coefficient (Wildman–Crippen LogP) is -2.26. The van der Waals surface area contributed by atoms with Crippen molar-refractivity contribution < 1.29 is 34.7 Å². The lowest BCUT2D eigenvalue weighted by atomic mass is 9.96. The van der Waals surface area contributed by atoms with Crippen LogP contribution < -0.4 is 0 Å². The monoisotopic (exact) mass is 236 g/mol. The van der Waals surface area contributed by atoms with E-state index in [1.165, 1.54) is 13.8 Å². The van der Waals surface area contributed by atoms with E-state index in [4.69, 9.17) is 9.47 Å². The molecule has 5 unspecified atom stereocenters. The second-order valence-corrected chi connectivity index (χ2v) is 3.78. The number of esters is 1. The molecule has 1 rings (SSSR count). The topological polar surface area (TPSA) is 116 Å². The van der Waals surface area contributed by atoms with Gasteiger partial charge in [-0.3, -0.25) is 4.79 Å². The SMILES string of the molecule is CC(=O)O[C@H](C)C1OC(O)C(O)C(O)C1O. The Morgan fingerprint density at radius 3 is 2.25 bits per heavy atom. The molecule has 1 aliphatic rings. The van der Waals surface area contributed by atoms with Crippen LogP contribution in [0.15, 0.2) is 0 Å². The zero-order valence-corrected chi connectivity index (χ0v) is 8.98. The van der Waals surface area contributed by atoms with Gasteiger partial charge in [0.25, 0.3) is 0 Å². The van der Waals surface area contributed by atoms with Gasteiger partial charge in [0.2, 0.25) is 0 Å². The van der Waals surface area contributed by atoms with Gasteiger partial charge in [0.15, 0.2) is 6.29 Å². The summed E-state index contributed by atoms with van der Waals surface area (Å²) in [5.41, 5.74) is 0. The Hall–Kier alpha value is -0.730. The van der Waals surface area contributed by atoms with Crippen LogP contribution in [0.25, 0.3) is 0 Å². The molecular formula is C9H16O7. The molecule has 94 valence electrons. The third-order valence-electron chi connectivity index (χ3n) is 2.44. The highest BCUT2D eigenvalue weighted by Crippen LogP contribution is 2.23. The van der Waals surface area contributed by atoms with Crippen molar-refractivity contribution in [3.05, 3.63) is 0 Å². The van der Waals surface area contributed by atoms with Crippen molar-refractivity contribution in [2.75, 3.05) is 0 Å². The van der Waals surface area contributed by atoms with E-state index in [1.54, 1.807) is 0 Å². The summed E-state index contributed by atoms with van der Waals surface area (Å²) in [5, 5.41) is 37.4. The highest BCUT2D eigenvalue weighted by atomic mass is 16.7. The summed E-state index contributed by atoms with van der Waals surface area (Å²) in [7, 11) is 0. The highest BCUT2D eigenvalue weighted by Gasteiger charge is 2.45. The minimum absolute atomic E-state index is 0.571. The van der Waals surface area contributed by atoms with E-state index in [0.717, 1.165) is 0 Å². The molecule has 7 nitrogen and oxygen atoms in total. The molecule has 16 heavy (non-hydrogen) atoms. The van der Waals surface area contributed by atoms with Gasteiger partial charge < -0.3 is 29.9 Å². The van der Waals surface area contributed by atoms with E-state index in [-0.39, 0.29) is 0 Å². The molecule has 0 amide bonds. The third-order valence-corrected chi connectivity index (χ3v) is 2.44. The van der Waals surface area contributed by atoms with Gasteiger partial charge in [-0.1, -0.05) is 0 Å². The van der Waals surface area contributed by atoms with Crippen LogP contribution in [0, 0.1) is 0 Å². The Morgan fingerprint density at radius 2 is 1.75 bits per heavy atom. The number of rotatable bonds is 2. The normalized spacial score (nSPS) is 41.5. The summed E-state index contributed by atoms with van der Waals surface area (Å²) >= 11 is 0. The Labute approximate surface area is 92.2 Å². The lowest BCUT2D eigenvalue weighted by Gasteiger charge is -2.40. The molecule has 1 heterocycles. The van der Waals surface area contributed by atoms with Crippen molar-refractivity contribution in [2.24, 2.45) is 0 Å². The van der Waals surface area contributed by atoms with E-state index in [1.807, 2.05) is 0 Å². The van der Waals surface area contributed by atoms with Crippen LogP contribution in [0.3, 0.4) is 0 Å². The van der Waals surface area contributed by atoms with E-state index >= 15 is 0 Å². The fraction of sp³-hybridized carbons (Fsp3) is 0.889. The zero-order chi connectivity index (χ0) is 12.5. The van der Waals surface area contributed by atoms with Crippen LogP contribution in [0.4, 0.5) is 0 Å². The molecule has 0 saturated carbocycles. The molecule has 0 aromatic heterocycles. The van der Waals surface area contributed by atoms with E-state index in [9.17, 15) is 25.2 Å². The lowest BCUT2D eigenvalue weighted by Crippen LogP contribution is -2.60. The van der Waals surface area contributed by atoms with Crippen LogP contribution >= 0.6 is 0 Å². The standard InChI is InChI=1S/C9H16O7/c1-3(15-4(2)10)8-6(12)5(11)7(13)9(14)16-8/h3,5-9,11-14H,1-2H3/t3-,5?,6?,7?,8?,9?/m1/s1. The first-order chi connectivity index (χ1) is 7.34. The van der Waals surface area contributed by atoms with Crippen molar-refractivity contribution in [3.8, 4) is 0 Å². The maximum absolute atomic E-state index is 10.7. The maximum Gasteiger partial charge on any atom is 0.302 e. The minimum atomic E-state index is -1.62. The Bertz CT molecular complexity index is 256. The summed E-state index contributed by atoms with van der Waals surface area (Å²) in [4.78, 5) is 10.7. The summed E-state index contributed by atoms with van der Waals surface area (Å²) in [6.45, 7) is 2.64. The number of carbonyl (C=O) groups is 1. The summed E-state index contributed by atoms with van der Waals surface area (Å²) in [5.74, 6) is -0.571. The number of ether oxygens (including phenoxy) is 2. The first kappa shape index (κ1) is 13.3. The fourth-order valence-electron chi connectivity index (χ4n) is 1.60. The molecule has 4 N–H and O–H groups in total. The molecule has 0 bridgehead atoms. The van der Waals surface area contributed by atoms with E-state index < -0.39 is 42.8 Å². The van der Waals surface area contributed by atoms with Crippen LogP contribution in [0.5, 0.6) is 0 Å². The van der Waals surface area contributed by atoms with Crippen LogP contribution in [-0.2, 0) is 14.3 Å². The number of hydrogen-bond acceptors (Lipinski definition) is 7. The first-order valence-electron chi connectivity index (χ1n) is 4.89. The Balaban J connectivity index is 2.69. The molecule has 7 heteroatoms. The number of aliphatic hydroxyl groups is 4. The van der Waals surface area contributed by atoms with Gasteiger partial charge >= 0.3 is 5.97 Å². The van der Waals surface area contributed by atoms with Gasteiger partial charge in [0, 0.05) is 6.92 Å². The lowest BCUT2D eigenvalue weighted by molar-refractivity contribution is -0.296. The maximum atomic E-state index is 10.7. The van der Waals surface area contributed by atoms with Gasteiger partial charge in [-0.05, 0) is 6.92 Å². The van der Waals surface area contributed by atoms with Crippen LogP contribution in [0.1, 0.15) is 13.8 Å². The highest BCUT2D eigenvalue weighted by molar-refractivity contribution is 5.66. The largest absolute Gasteiger partial charge is 0.460 e. The molecule has 0 spiro atoms. The average Bonchev–Trinajstić information content (AvgIpc) is 2.19. The minimum Gasteiger partial charge on any atom is -0.460 e. The zero-order valence-electron chi connectivity index (χ0n) is 8.98. The van der Waals surface area contributed by atoms with Gasteiger partial charge in [-0.2, -0.15) is 0 Å². The number of aliphatic hydroxyl groups excluding tert-OH is 4. The van der Waals surface area contributed by atoms with Gasteiger partial charge in [-0.15, -0.1) is 0 Å². The van der Waals surface area contributed by atoms with Crippen LogP contribution in [0.2, 0.25) is 0 Å². The van der Waals surface area contributed by atoms with E-state index in [0.29, 0.717) is 0 Å². The third kappa shape index (κ3) is 2.69. The van der Waals surface area contributed by atoms with Gasteiger partial charge in [0.1, 0.15) is 30.5 Å². The Morgan fingerprint density at radius 1 is 1.19 bits per heavy atom. The molecule has 6 atom stereocenters. The molecule has 0 radical (unpaired) electrons. The quantitative estimate of drug-likeness (QED) is 0.400. The van der Waals surface area contributed by atoms with Crippen molar-refractivity contribution in [1.82, 2.24) is 0 Å². The molecular weight excluding hydrogens is 220 g/mol. The predicted molar refractivity (Wildman–Crippen MR) is 50.1 cm³/mol. The van der Waals surface area contributed by atoms with Crippen LogP contribution in [-0.4, -0.2) is 63.2 Å². The van der Waals surface area contributed by atoms with Crippen molar-refractivity contribution in [2.45, 2.75) is 50.7 Å². The fourth-order valence-corrected chi connectivity index (χ4v) is 1.60. The first-order valence-corrected chi connectivity index (χ1v) is 4.89. The molecule has 1 fully saturated rings. The molecule has 1 aliphatic heterocycles. The molecule has 1 saturated heterocycles. The van der Waals surface area contributed by atoms with Crippen molar-refractivity contribution >= 4 is 5.97 Å². The second-order valence-electron chi connectivity index (χ2n) is 3.78. The average molecular weight is 236 g/mol. The molecule has 0 aromatic carbocycles. The van der Waals surface area contributed by atoms with Gasteiger partial charge in [0.05, 0.1) is 0 Å². The summed E-state index contributed by atoms with van der Waals surface area (Å²) < 4.78 is 9.63. The Kier molecular flexibility index (Phi) is 4.22. The second kappa shape index (κ2) is 5.07. The molecule has 0 aliphatic carbocycles. The number of hydrogen-bond donors (Lipinski definition) is 4. The summed E-state index contributed by atoms with van der Waals surface area (Å²) in [6.07, 6.45) is -8.13. The molecule has 0 aromatic rings. The number of carbonyl (C=O) groups excluding carboxylic acids is 1. The summed E-state index contributed by atoms with van der Waals surface area (Å²) in [6, 6.07) is 0. The van der Waals surface area contributed by atoms with Gasteiger partial charge in [-0.25, -0.2) is 0 Å². The smallest absolute Gasteiger partial charge is 0.302 e. The van der Waals surface area contributed by atoms with Crippen molar-refractivity contribution in [1.29, 1.82) is 0 Å². The van der Waals surface area contributed by atoms with E-state index in [2.05, 4.69) is 0 Å². The van der Waals surface area contributed by atoms with Crippen molar-refractivity contribution in [3.63, 3.8) is 0 Å².